The van der Waals surface area contributed by atoms with E-state index in [1.54, 1.807) is 13.4 Å². The minimum Gasteiger partial charge on any atom is -0.497 e. The van der Waals surface area contributed by atoms with Crippen LogP contribution in [0.1, 0.15) is 5.69 Å². The first-order valence-corrected chi connectivity index (χ1v) is 4.45. The van der Waals surface area contributed by atoms with E-state index in [2.05, 4.69) is 9.97 Å². The molecule has 0 saturated heterocycles. The van der Waals surface area contributed by atoms with Gasteiger partial charge in [0.1, 0.15) is 5.75 Å². The lowest BCUT2D eigenvalue weighted by Gasteiger charge is -2.02. The number of nitrogens with zero attached hydrogens (tertiary/aromatic N) is 1. The molecule has 0 fully saturated rings. The van der Waals surface area contributed by atoms with Gasteiger partial charge in [-0.3, -0.25) is 0 Å². The van der Waals surface area contributed by atoms with E-state index in [0.717, 1.165) is 22.7 Å². The molecule has 0 aliphatic carbocycles. The Balaban J connectivity index is 0.00000112. The third-order valence-corrected chi connectivity index (χ3v) is 2.17. The van der Waals surface area contributed by atoms with Crippen molar-refractivity contribution in [3.63, 3.8) is 0 Å². The number of rotatable bonds is 2. The fourth-order valence-corrected chi connectivity index (χ4v) is 1.42. The average molecular weight is 225 g/mol. The Hall–Kier alpha value is -1.48. The molecule has 3 nitrogen and oxygen atoms in total. The van der Waals surface area contributed by atoms with Gasteiger partial charge in [0.25, 0.3) is 0 Å². The second-order valence-corrected chi connectivity index (χ2v) is 3.11. The van der Waals surface area contributed by atoms with Gasteiger partial charge < -0.3 is 9.72 Å². The Bertz CT molecular complexity index is 440. The molecule has 4 heteroatoms. The summed E-state index contributed by atoms with van der Waals surface area (Å²) in [5.41, 5.74) is 3.12. The average Bonchev–Trinajstić information content (AvgIpc) is 2.65. The SMILES string of the molecule is COc1cccc(-c2nc[nH]c2C)c1.Cl. The molecule has 0 saturated carbocycles. The molecule has 1 N–H and O–H groups in total. The molecule has 15 heavy (non-hydrogen) atoms. The number of H-pyrrole nitrogens is 1. The Morgan fingerprint density at radius 1 is 1.33 bits per heavy atom. The number of halogens is 1. The van der Waals surface area contributed by atoms with Crippen molar-refractivity contribution < 1.29 is 4.74 Å². The molecule has 0 amide bonds. The first-order chi connectivity index (χ1) is 6.81. The number of ether oxygens (including phenoxy) is 1. The van der Waals surface area contributed by atoms with Gasteiger partial charge in [-0.05, 0) is 19.1 Å². The van der Waals surface area contributed by atoms with E-state index in [4.69, 9.17) is 4.74 Å². The maximum absolute atomic E-state index is 5.15. The van der Waals surface area contributed by atoms with Crippen LogP contribution in [0.4, 0.5) is 0 Å². The molecule has 0 aliphatic heterocycles. The van der Waals surface area contributed by atoms with Gasteiger partial charge >= 0.3 is 0 Å². The molecule has 0 radical (unpaired) electrons. The Morgan fingerprint density at radius 2 is 2.13 bits per heavy atom. The normalized spacial score (nSPS) is 9.47. The van der Waals surface area contributed by atoms with Gasteiger partial charge in [0.15, 0.2) is 0 Å². The van der Waals surface area contributed by atoms with Crippen molar-refractivity contribution in [1.29, 1.82) is 0 Å². The molecule has 0 spiro atoms. The summed E-state index contributed by atoms with van der Waals surface area (Å²) in [5, 5.41) is 0. The smallest absolute Gasteiger partial charge is 0.119 e. The molecule has 0 aliphatic rings. The van der Waals surface area contributed by atoms with Gasteiger partial charge in [-0.25, -0.2) is 4.98 Å². The summed E-state index contributed by atoms with van der Waals surface area (Å²) in [6, 6.07) is 7.88. The first kappa shape index (κ1) is 11.6. The fraction of sp³-hybridized carbons (Fsp3) is 0.182. The van der Waals surface area contributed by atoms with Crippen LogP contribution in [0, 0.1) is 6.92 Å². The van der Waals surface area contributed by atoms with Crippen molar-refractivity contribution in [1.82, 2.24) is 9.97 Å². The van der Waals surface area contributed by atoms with Crippen LogP contribution in [0.2, 0.25) is 0 Å². The summed E-state index contributed by atoms with van der Waals surface area (Å²) in [7, 11) is 1.66. The molecule has 0 atom stereocenters. The summed E-state index contributed by atoms with van der Waals surface area (Å²) in [4.78, 5) is 7.30. The maximum Gasteiger partial charge on any atom is 0.119 e. The monoisotopic (exact) mass is 224 g/mol. The number of hydrogen-bond donors (Lipinski definition) is 1. The van der Waals surface area contributed by atoms with Crippen molar-refractivity contribution in [3.8, 4) is 17.0 Å². The maximum atomic E-state index is 5.15. The Labute approximate surface area is 94.9 Å². The zero-order valence-electron chi connectivity index (χ0n) is 8.65. The summed E-state index contributed by atoms with van der Waals surface area (Å²) in [6.07, 6.45) is 1.70. The number of hydrogen-bond acceptors (Lipinski definition) is 2. The summed E-state index contributed by atoms with van der Waals surface area (Å²) in [6.45, 7) is 2.00. The molecule has 0 unspecified atom stereocenters. The van der Waals surface area contributed by atoms with E-state index >= 15 is 0 Å². The van der Waals surface area contributed by atoms with Crippen molar-refractivity contribution in [2.75, 3.05) is 7.11 Å². The quantitative estimate of drug-likeness (QED) is 0.852. The van der Waals surface area contributed by atoms with Crippen molar-refractivity contribution in [2.24, 2.45) is 0 Å². The Morgan fingerprint density at radius 3 is 2.73 bits per heavy atom. The highest BCUT2D eigenvalue weighted by atomic mass is 35.5. The molecular weight excluding hydrogens is 212 g/mol. The highest BCUT2D eigenvalue weighted by Gasteiger charge is 2.04. The van der Waals surface area contributed by atoms with Crippen LogP contribution in [0.25, 0.3) is 11.3 Å². The fourth-order valence-electron chi connectivity index (χ4n) is 1.42. The van der Waals surface area contributed by atoms with Crippen LogP contribution in [-0.4, -0.2) is 17.1 Å². The van der Waals surface area contributed by atoms with E-state index < -0.39 is 0 Å². The lowest BCUT2D eigenvalue weighted by atomic mass is 10.1. The molecule has 0 bridgehead atoms. The summed E-state index contributed by atoms with van der Waals surface area (Å²) >= 11 is 0. The van der Waals surface area contributed by atoms with Crippen LogP contribution in [0.3, 0.4) is 0 Å². The molecule has 2 aromatic rings. The molecule has 1 aromatic heterocycles. The second-order valence-electron chi connectivity index (χ2n) is 3.11. The van der Waals surface area contributed by atoms with Crippen molar-refractivity contribution in [3.05, 3.63) is 36.3 Å². The zero-order chi connectivity index (χ0) is 9.97. The van der Waals surface area contributed by atoms with Gasteiger partial charge in [-0.15, -0.1) is 12.4 Å². The lowest BCUT2D eigenvalue weighted by Crippen LogP contribution is -1.85. The first-order valence-electron chi connectivity index (χ1n) is 4.45. The largest absolute Gasteiger partial charge is 0.497 e. The number of aromatic nitrogens is 2. The van der Waals surface area contributed by atoms with E-state index in [-0.39, 0.29) is 12.4 Å². The van der Waals surface area contributed by atoms with Crippen molar-refractivity contribution >= 4 is 12.4 Å². The minimum atomic E-state index is 0. The number of benzene rings is 1. The van der Waals surface area contributed by atoms with Gasteiger partial charge in [0.2, 0.25) is 0 Å². The van der Waals surface area contributed by atoms with Crippen LogP contribution in [-0.2, 0) is 0 Å². The summed E-state index contributed by atoms with van der Waals surface area (Å²) < 4.78 is 5.15. The molecule has 2 rings (SSSR count). The van der Waals surface area contributed by atoms with Gasteiger partial charge in [-0.1, -0.05) is 12.1 Å². The standard InChI is InChI=1S/C11H12N2O.ClH/c1-8-11(13-7-12-8)9-4-3-5-10(6-9)14-2;/h3-7H,1-2H3,(H,12,13);1H. The number of methoxy groups -OCH3 is 1. The number of aromatic amines is 1. The predicted molar refractivity (Wildman–Crippen MR) is 62.6 cm³/mol. The Kier molecular flexibility index (Phi) is 3.74. The summed E-state index contributed by atoms with van der Waals surface area (Å²) in [5.74, 6) is 0.852. The zero-order valence-corrected chi connectivity index (χ0v) is 9.47. The number of imidazole rings is 1. The molecule has 80 valence electrons. The van der Waals surface area contributed by atoms with Gasteiger partial charge in [0.05, 0.1) is 19.1 Å². The van der Waals surface area contributed by atoms with Crippen LogP contribution < -0.4 is 4.74 Å². The second kappa shape index (κ2) is 4.84. The van der Waals surface area contributed by atoms with Gasteiger partial charge in [0, 0.05) is 11.3 Å². The topological polar surface area (TPSA) is 37.9 Å². The number of aryl methyl sites for hydroxylation is 1. The van der Waals surface area contributed by atoms with Crippen molar-refractivity contribution in [2.45, 2.75) is 6.92 Å². The highest BCUT2D eigenvalue weighted by molar-refractivity contribution is 5.85. The molecule has 1 heterocycles. The molecular formula is C11H13ClN2O. The molecule has 1 aromatic carbocycles. The van der Waals surface area contributed by atoms with E-state index in [0.29, 0.717) is 0 Å². The van der Waals surface area contributed by atoms with E-state index in [1.165, 1.54) is 0 Å². The third-order valence-electron chi connectivity index (χ3n) is 2.17. The van der Waals surface area contributed by atoms with Gasteiger partial charge in [-0.2, -0.15) is 0 Å². The number of nitrogens with one attached hydrogen (secondary N) is 1. The van der Waals surface area contributed by atoms with Crippen LogP contribution in [0.15, 0.2) is 30.6 Å². The van der Waals surface area contributed by atoms with Crippen LogP contribution in [0.5, 0.6) is 5.75 Å². The van der Waals surface area contributed by atoms with E-state index in [9.17, 15) is 0 Å². The minimum absolute atomic E-state index is 0. The van der Waals surface area contributed by atoms with E-state index in [1.807, 2.05) is 31.2 Å². The lowest BCUT2D eigenvalue weighted by molar-refractivity contribution is 0.415. The van der Waals surface area contributed by atoms with Crippen LogP contribution >= 0.6 is 12.4 Å². The highest BCUT2D eigenvalue weighted by Crippen LogP contribution is 2.23. The predicted octanol–water partition coefficient (Wildman–Crippen LogP) is 2.82. The third kappa shape index (κ3) is 2.30.